The maximum atomic E-state index is 12.7. The molecule has 0 aliphatic heterocycles. The minimum absolute atomic E-state index is 0.115. The minimum Gasteiger partial charge on any atom is -0.478 e. The number of carboxylic acids is 1. The molecule has 0 heterocycles. The summed E-state index contributed by atoms with van der Waals surface area (Å²) in [5, 5.41) is 14.8. The summed E-state index contributed by atoms with van der Waals surface area (Å²) in [6.07, 6.45) is 6.03. The number of amides is 2. The lowest BCUT2D eigenvalue weighted by molar-refractivity contribution is -0.128. The van der Waals surface area contributed by atoms with Gasteiger partial charge >= 0.3 is 5.97 Å². The van der Waals surface area contributed by atoms with Crippen LogP contribution in [0.3, 0.4) is 0 Å². The van der Waals surface area contributed by atoms with E-state index in [2.05, 4.69) is 17.6 Å². The van der Waals surface area contributed by atoms with Gasteiger partial charge in [-0.1, -0.05) is 32.6 Å². The Balaban J connectivity index is 2.11. The number of nitrogens with one attached hydrogen (secondary N) is 2. The molecule has 1 saturated carbocycles. The van der Waals surface area contributed by atoms with Gasteiger partial charge in [-0.3, -0.25) is 9.59 Å². The molecule has 1 aliphatic rings. The average molecular weight is 346 g/mol. The zero-order chi connectivity index (χ0) is 18.3. The molecule has 0 spiro atoms. The van der Waals surface area contributed by atoms with E-state index in [1.54, 1.807) is 0 Å². The normalized spacial score (nSPS) is 16.0. The van der Waals surface area contributed by atoms with Crippen molar-refractivity contribution in [2.45, 2.75) is 57.4 Å². The number of hydrogen-bond acceptors (Lipinski definition) is 3. The van der Waals surface area contributed by atoms with E-state index < -0.39 is 11.5 Å². The summed E-state index contributed by atoms with van der Waals surface area (Å²) in [4.78, 5) is 36.2. The molecule has 0 unspecified atom stereocenters. The van der Waals surface area contributed by atoms with Gasteiger partial charge in [-0.2, -0.15) is 0 Å². The number of unbranched alkanes of at least 4 members (excludes halogenated alkanes) is 1. The van der Waals surface area contributed by atoms with Gasteiger partial charge in [0.25, 0.3) is 5.91 Å². The third-order valence-corrected chi connectivity index (χ3v) is 4.70. The van der Waals surface area contributed by atoms with Gasteiger partial charge < -0.3 is 15.7 Å². The van der Waals surface area contributed by atoms with Crippen LogP contribution in [-0.4, -0.2) is 35.0 Å². The molecule has 3 N–H and O–H groups in total. The molecule has 0 bridgehead atoms. The van der Waals surface area contributed by atoms with Crippen LogP contribution >= 0.6 is 0 Å². The molecular weight excluding hydrogens is 320 g/mol. The van der Waals surface area contributed by atoms with Crippen LogP contribution in [0.1, 0.15) is 72.6 Å². The molecule has 1 aromatic rings. The highest BCUT2D eigenvalue weighted by atomic mass is 16.4. The lowest BCUT2D eigenvalue weighted by atomic mass is 9.80. The maximum Gasteiger partial charge on any atom is 0.335 e. The zero-order valence-corrected chi connectivity index (χ0v) is 14.6. The first kappa shape index (κ1) is 19.0. The average Bonchev–Trinajstić information content (AvgIpc) is 2.62. The van der Waals surface area contributed by atoms with Crippen LogP contribution < -0.4 is 10.6 Å². The first-order chi connectivity index (χ1) is 12.0. The molecule has 1 aromatic carbocycles. The number of benzene rings is 1. The standard InChI is InChI=1S/C19H26N2O4/c1-2-3-13-20-18(25)19(11-5-4-6-12-19)21-16(22)14-7-9-15(10-8-14)17(23)24/h7-10H,2-6,11-13H2,1H3,(H,20,25)(H,21,22)(H,23,24). The number of carboxylic acid groups (broad SMARTS) is 1. The highest BCUT2D eigenvalue weighted by Gasteiger charge is 2.40. The van der Waals surface area contributed by atoms with Gasteiger partial charge in [0.2, 0.25) is 5.91 Å². The fourth-order valence-electron chi connectivity index (χ4n) is 3.17. The zero-order valence-electron chi connectivity index (χ0n) is 14.6. The van der Waals surface area contributed by atoms with E-state index in [-0.39, 0.29) is 17.4 Å². The summed E-state index contributed by atoms with van der Waals surface area (Å²) >= 11 is 0. The van der Waals surface area contributed by atoms with Crippen molar-refractivity contribution < 1.29 is 19.5 Å². The number of aromatic carboxylic acids is 1. The monoisotopic (exact) mass is 346 g/mol. The van der Waals surface area contributed by atoms with Gasteiger partial charge in [0.05, 0.1) is 5.56 Å². The minimum atomic E-state index is -1.04. The molecule has 6 nitrogen and oxygen atoms in total. The number of hydrogen-bond donors (Lipinski definition) is 3. The highest BCUT2D eigenvalue weighted by Crippen LogP contribution is 2.29. The largest absolute Gasteiger partial charge is 0.478 e. The predicted molar refractivity (Wildman–Crippen MR) is 94.6 cm³/mol. The van der Waals surface area contributed by atoms with Crippen LogP contribution in [0, 0.1) is 0 Å². The molecule has 6 heteroatoms. The molecule has 2 rings (SSSR count). The number of rotatable bonds is 7. The van der Waals surface area contributed by atoms with E-state index >= 15 is 0 Å². The molecule has 25 heavy (non-hydrogen) atoms. The topological polar surface area (TPSA) is 95.5 Å². The van der Waals surface area contributed by atoms with Crippen molar-refractivity contribution in [1.29, 1.82) is 0 Å². The fourth-order valence-corrected chi connectivity index (χ4v) is 3.17. The Bertz CT molecular complexity index is 619. The van der Waals surface area contributed by atoms with E-state index in [1.807, 2.05) is 0 Å². The van der Waals surface area contributed by atoms with E-state index in [0.717, 1.165) is 32.1 Å². The summed E-state index contributed by atoms with van der Waals surface area (Å²) in [5.41, 5.74) is -0.383. The third kappa shape index (κ3) is 4.81. The van der Waals surface area contributed by atoms with Crippen molar-refractivity contribution in [2.75, 3.05) is 6.54 Å². The van der Waals surface area contributed by atoms with Crippen LogP contribution in [0.5, 0.6) is 0 Å². The highest BCUT2D eigenvalue weighted by molar-refractivity contribution is 6.00. The molecular formula is C19H26N2O4. The van der Waals surface area contributed by atoms with E-state index in [9.17, 15) is 14.4 Å². The second kappa shape index (κ2) is 8.65. The molecule has 0 radical (unpaired) electrons. The molecule has 1 fully saturated rings. The quantitative estimate of drug-likeness (QED) is 0.662. The van der Waals surface area contributed by atoms with Crippen molar-refractivity contribution in [3.8, 4) is 0 Å². The Morgan fingerprint density at radius 2 is 1.64 bits per heavy atom. The lowest BCUT2D eigenvalue weighted by Crippen LogP contribution is -2.59. The summed E-state index contributed by atoms with van der Waals surface area (Å²) < 4.78 is 0. The lowest BCUT2D eigenvalue weighted by Gasteiger charge is -2.36. The Morgan fingerprint density at radius 3 is 2.20 bits per heavy atom. The number of carbonyl (C=O) groups is 3. The third-order valence-electron chi connectivity index (χ3n) is 4.70. The Kier molecular flexibility index (Phi) is 6.56. The Labute approximate surface area is 148 Å². The second-order valence-corrected chi connectivity index (χ2v) is 6.59. The molecule has 0 saturated heterocycles. The second-order valence-electron chi connectivity index (χ2n) is 6.59. The van der Waals surface area contributed by atoms with Crippen molar-refractivity contribution >= 4 is 17.8 Å². The summed E-state index contributed by atoms with van der Waals surface area (Å²) in [5.74, 6) is -1.49. The first-order valence-electron chi connectivity index (χ1n) is 8.93. The summed E-state index contributed by atoms with van der Waals surface area (Å²) in [6, 6.07) is 5.74. The summed E-state index contributed by atoms with van der Waals surface area (Å²) in [7, 11) is 0. The van der Waals surface area contributed by atoms with Crippen molar-refractivity contribution in [3.63, 3.8) is 0 Å². The van der Waals surface area contributed by atoms with Crippen LogP contribution in [0.25, 0.3) is 0 Å². The van der Waals surface area contributed by atoms with E-state index in [0.29, 0.717) is 24.9 Å². The van der Waals surface area contributed by atoms with Gasteiger partial charge in [0, 0.05) is 12.1 Å². The van der Waals surface area contributed by atoms with Crippen LogP contribution in [0.2, 0.25) is 0 Å². The summed E-state index contributed by atoms with van der Waals surface area (Å²) in [6.45, 7) is 2.67. The van der Waals surface area contributed by atoms with Crippen LogP contribution in [0.15, 0.2) is 24.3 Å². The molecule has 0 atom stereocenters. The van der Waals surface area contributed by atoms with Crippen molar-refractivity contribution in [3.05, 3.63) is 35.4 Å². The number of carbonyl (C=O) groups excluding carboxylic acids is 2. The van der Waals surface area contributed by atoms with Gasteiger partial charge in [0.1, 0.15) is 5.54 Å². The van der Waals surface area contributed by atoms with Gasteiger partial charge in [-0.15, -0.1) is 0 Å². The van der Waals surface area contributed by atoms with Gasteiger partial charge in [-0.25, -0.2) is 4.79 Å². The SMILES string of the molecule is CCCCNC(=O)C1(NC(=O)c2ccc(C(=O)O)cc2)CCCCC1. The molecule has 1 aliphatic carbocycles. The van der Waals surface area contributed by atoms with E-state index in [1.165, 1.54) is 24.3 Å². The van der Waals surface area contributed by atoms with Crippen LogP contribution in [-0.2, 0) is 4.79 Å². The Morgan fingerprint density at radius 1 is 1.04 bits per heavy atom. The van der Waals surface area contributed by atoms with Crippen molar-refractivity contribution in [1.82, 2.24) is 10.6 Å². The predicted octanol–water partition coefficient (Wildman–Crippen LogP) is 2.73. The Hall–Kier alpha value is -2.37. The van der Waals surface area contributed by atoms with E-state index in [4.69, 9.17) is 5.11 Å². The van der Waals surface area contributed by atoms with Crippen molar-refractivity contribution in [2.24, 2.45) is 0 Å². The maximum absolute atomic E-state index is 12.7. The fraction of sp³-hybridized carbons (Fsp3) is 0.526. The first-order valence-corrected chi connectivity index (χ1v) is 8.93. The molecule has 136 valence electrons. The van der Waals surface area contributed by atoms with Gasteiger partial charge in [0.15, 0.2) is 0 Å². The molecule has 0 aromatic heterocycles. The smallest absolute Gasteiger partial charge is 0.335 e. The van der Waals surface area contributed by atoms with Gasteiger partial charge in [-0.05, 0) is 43.5 Å². The molecule has 2 amide bonds. The van der Waals surface area contributed by atoms with Crippen LogP contribution in [0.4, 0.5) is 0 Å².